The molecule has 3 heterocycles. The lowest BCUT2D eigenvalue weighted by atomic mass is 9.90. The molecule has 0 amide bonds. The van der Waals surface area contributed by atoms with Gasteiger partial charge in [-0.1, -0.05) is 0 Å². The quantitative estimate of drug-likeness (QED) is 0.772. The van der Waals surface area contributed by atoms with Gasteiger partial charge in [0.05, 0.1) is 0 Å². The molecule has 3 fully saturated rings. The molecular formula is C14H27N3. The zero-order chi connectivity index (χ0) is 11.7. The Morgan fingerprint density at radius 2 is 1.71 bits per heavy atom. The van der Waals surface area contributed by atoms with Gasteiger partial charge in [-0.15, -0.1) is 0 Å². The van der Waals surface area contributed by atoms with Crippen LogP contribution in [0.1, 0.15) is 38.5 Å². The van der Waals surface area contributed by atoms with E-state index in [-0.39, 0.29) is 0 Å². The van der Waals surface area contributed by atoms with Gasteiger partial charge in [0.25, 0.3) is 0 Å². The Bertz CT molecular complexity index is 236. The number of fused-ring (bicyclic) bond motifs is 2. The van der Waals surface area contributed by atoms with E-state index < -0.39 is 0 Å². The lowest BCUT2D eigenvalue weighted by Crippen LogP contribution is -2.46. The van der Waals surface area contributed by atoms with Crippen molar-refractivity contribution in [2.75, 3.05) is 26.7 Å². The standard InChI is InChI=1S/C14H27N3/c1-17-13-2-3-14(17)9-11(8-13)10-16-12-4-6-15-7-5-12/h11-16H,2-10H2,1H3. The molecule has 17 heavy (non-hydrogen) atoms. The van der Waals surface area contributed by atoms with Gasteiger partial charge in [-0.05, 0) is 71.1 Å². The third-order valence-electron chi connectivity index (χ3n) is 5.23. The smallest absolute Gasteiger partial charge is 0.00988 e. The SMILES string of the molecule is CN1C2CCC1CC(CNC1CCNCC1)C2. The molecule has 3 nitrogen and oxygen atoms in total. The van der Waals surface area contributed by atoms with Crippen molar-refractivity contribution in [2.24, 2.45) is 5.92 Å². The summed E-state index contributed by atoms with van der Waals surface area (Å²) in [6.07, 6.45) is 8.41. The van der Waals surface area contributed by atoms with Crippen LogP contribution in [-0.2, 0) is 0 Å². The van der Waals surface area contributed by atoms with Crippen LogP contribution in [0.3, 0.4) is 0 Å². The summed E-state index contributed by atoms with van der Waals surface area (Å²) in [5.41, 5.74) is 0. The van der Waals surface area contributed by atoms with E-state index in [1.54, 1.807) is 0 Å². The maximum Gasteiger partial charge on any atom is 0.00988 e. The Kier molecular flexibility index (Phi) is 3.69. The molecule has 2 bridgehead atoms. The Balaban J connectivity index is 1.44. The van der Waals surface area contributed by atoms with Crippen LogP contribution < -0.4 is 10.6 Å². The molecule has 2 N–H and O–H groups in total. The van der Waals surface area contributed by atoms with Crippen molar-refractivity contribution in [3.05, 3.63) is 0 Å². The zero-order valence-corrected chi connectivity index (χ0v) is 11.1. The molecular weight excluding hydrogens is 210 g/mol. The highest BCUT2D eigenvalue weighted by Gasteiger charge is 2.38. The predicted octanol–water partition coefficient (Wildman–Crippen LogP) is 1.20. The second kappa shape index (κ2) is 5.25. The molecule has 0 aromatic carbocycles. The summed E-state index contributed by atoms with van der Waals surface area (Å²) in [5, 5.41) is 7.25. The topological polar surface area (TPSA) is 27.3 Å². The summed E-state index contributed by atoms with van der Waals surface area (Å²) in [7, 11) is 2.33. The molecule has 0 saturated carbocycles. The van der Waals surface area contributed by atoms with Gasteiger partial charge in [-0.25, -0.2) is 0 Å². The van der Waals surface area contributed by atoms with E-state index in [9.17, 15) is 0 Å². The summed E-state index contributed by atoms with van der Waals surface area (Å²) in [6.45, 7) is 3.68. The number of nitrogens with zero attached hydrogens (tertiary/aromatic N) is 1. The van der Waals surface area contributed by atoms with E-state index in [0.29, 0.717) is 0 Å². The van der Waals surface area contributed by atoms with Crippen molar-refractivity contribution < 1.29 is 0 Å². The van der Waals surface area contributed by atoms with Gasteiger partial charge in [0.2, 0.25) is 0 Å². The van der Waals surface area contributed by atoms with Gasteiger partial charge in [0.15, 0.2) is 0 Å². The summed E-state index contributed by atoms with van der Waals surface area (Å²) in [5.74, 6) is 0.943. The van der Waals surface area contributed by atoms with Crippen LogP contribution in [0.25, 0.3) is 0 Å². The number of piperidine rings is 2. The van der Waals surface area contributed by atoms with E-state index in [4.69, 9.17) is 0 Å². The number of hydrogen-bond donors (Lipinski definition) is 2. The first kappa shape index (κ1) is 11.9. The van der Waals surface area contributed by atoms with Crippen LogP contribution >= 0.6 is 0 Å². The maximum atomic E-state index is 3.82. The highest BCUT2D eigenvalue weighted by molar-refractivity contribution is 4.94. The molecule has 3 aliphatic rings. The summed E-state index contributed by atoms with van der Waals surface area (Å²) in [4.78, 5) is 2.64. The molecule has 98 valence electrons. The molecule has 3 rings (SSSR count). The van der Waals surface area contributed by atoms with Crippen LogP contribution in [0.15, 0.2) is 0 Å². The first-order chi connectivity index (χ1) is 8.33. The van der Waals surface area contributed by atoms with Crippen molar-refractivity contribution >= 4 is 0 Å². The van der Waals surface area contributed by atoms with Crippen LogP contribution in [0, 0.1) is 5.92 Å². The van der Waals surface area contributed by atoms with Crippen molar-refractivity contribution in [2.45, 2.75) is 56.7 Å². The molecule has 3 saturated heterocycles. The van der Waals surface area contributed by atoms with E-state index in [2.05, 4.69) is 22.6 Å². The molecule has 0 radical (unpaired) electrons. The fourth-order valence-corrected chi connectivity index (χ4v) is 4.05. The average Bonchev–Trinajstić information content (AvgIpc) is 2.61. The number of hydrogen-bond acceptors (Lipinski definition) is 3. The minimum Gasteiger partial charge on any atom is -0.317 e. The monoisotopic (exact) mass is 237 g/mol. The predicted molar refractivity (Wildman–Crippen MR) is 71.2 cm³/mol. The normalized spacial score (nSPS) is 39.7. The summed E-state index contributed by atoms with van der Waals surface area (Å²) in [6, 6.07) is 2.58. The fourth-order valence-electron chi connectivity index (χ4n) is 4.05. The van der Waals surface area contributed by atoms with Crippen molar-refractivity contribution in [3.63, 3.8) is 0 Å². The van der Waals surface area contributed by atoms with Gasteiger partial charge in [-0.2, -0.15) is 0 Å². The van der Waals surface area contributed by atoms with Crippen LogP contribution in [0.5, 0.6) is 0 Å². The van der Waals surface area contributed by atoms with Crippen molar-refractivity contribution in [1.82, 2.24) is 15.5 Å². The third-order valence-corrected chi connectivity index (χ3v) is 5.23. The molecule has 0 aromatic rings. The van der Waals surface area contributed by atoms with E-state index >= 15 is 0 Å². The summed E-state index contributed by atoms with van der Waals surface area (Å²) < 4.78 is 0. The van der Waals surface area contributed by atoms with Gasteiger partial charge in [0, 0.05) is 18.1 Å². The van der Waals surface area contributed by atoms with E-state index in [0.717, 1.165) is 24.0 Å². The molecule has 3 aliphatic heterocycles. The minimum absolute atomic E-state index is 0.786. The number of nitrogens with one attached hydrogen (secondary N) is 2. The Labute approximate surface area is 105 Å². The van der Waals surface area contributed by atoms with Crippen LogP contribution in [0.4, 0.5) is 0 Å². The molecule has 2 unspecified atom stereocenters. The largest absolute Gasteiger partial charge is 0.317 e. The molecule has 3 heteroatoms. The number of rotatable bonds is 3. The van der Waals surface area contributed by atoms with Gasteiger partial charge >= 0.3 is 0 Å². The molecule has 2 atom stereocenters. The van der Waals surface area contributed by atoms with Crippen LogP contribution in [0.2, 0.25) is 0 Å². The Hall–Kier alpha value is -0.120. The maximum absolute atomic E-state index is 3.82. The average molecular weight is 237 g/mol. The molecule has 0 spiro atoms. The fraction of sp³-hybridized carbons (Fsp3) is 1.00. The highest BCUT2D eigenvalue weighted by Crippen LogP contribution is 2.37. The second-order valence-corrected chi connectivity index (χ2v) is 6.32. The highest BCUT2D eigenvalue weighted by atomic mass is 15.2. The molecule has 0 aromatic heterocycles. The van der Waals surface area contributed by atoms with Gasteiger partial charge in [0.1, 0.15) is 0 Å². The lowest BCUT2D eigenvalue weighted by molar-refractivity contribution is 0.130. The minimum atomic E-state index is 0.786. The van der Waals surface area contributed by atoms with E-state index in [1.165, 1.54) is 58.2 Å². The Morgan fingerprint density at radius 1 is 1.06 bits per heavy atom. The van der Waals surface area contributed by atoms with Gasteiger partial charge in [-0.3, -0.25) is 0 Å². The van der Waals surface area contributed by atoms with Gasteiger partial charge < -0.3 is 15.5 Å². The van der Waals surface area contributed by atoms with Crippen molar-refractivity contribution in [3.8, 4) is 0 Å². The second-order valence-electron chi connectivity index (χ2n) is 6.32. The van der Waals surface area contributed by atoms with Crippen LogP contribution in [-0.4, -0.2) is 49.7 Å². The lowest BCUT2D eigenvalue weighted by Gasteiger charge is -2.37. The summed E-state index contributed by atoms with van der Waals surface area (Å²) >= 11 is 0. The van der Waals surface area contributed by atoms with E-state index in [1.807, 2.05) is 0 Å². The Morgan fingerprint density at radius 3 is 2.35 bits per heavy atom. The third kappa shape index (κ3) is 2.67. The zero-order valence-electron chi connectivity index (χ0n) is 11.1. The first-order valence-electron chi connectivity index (χ1n) is 7.49. The van der Waals surface area contributed by atoms with Crippen molar-refractivity contribution in [1.29, 1.82) is 0 Å². The molecule has 0 aliphatic carbocycles. The first-order valence-corrected chi connectivity index (χ1v) is 7.49.